The van der Waals surface area contributed by atoms with Gasteiger partial charge in [-0.2, -0.15) is 4.99 Å². The third kappa shape index (κ3) is 1.81. The molecular weight excluding hydrogens is 238 g/mol. The molecule has 1 aliphatic carbocycles. The molecule has 0 bridgehead atoms. The first-order chi connectivity index (χ1) is 9.27. The molecule has 0 N–H and O–H groups in total. The average molecular weight is 253 g/mol. The Kier molecular flexibility index (Phi) is 2.80. The number of carbonyl (C=O) groups excluding carboxylic acids is 1. The normalized spacial score (nSPS) is 16.5. The van der Waals surface area contributed by atoms with E-state index in [9.17, 15) is 4.79 Å². The first kappa shape index (κ1) is 11.9. The zero-order valence-corrected chi connectivity index (χ0v) is 10.8. The van der Waals surface area contributed by atoms with Crippen LogP contribution in [0, 0.1) is 0 Å². The van der Waals surface area contributed by atoms with Gasteiger partial charge in [-0.3, -0.25) is 0 Å². The zero-order valence-electron chi connectivity index (χ0n) is 10.8. The lowest BCUT2D eigenvalue weighted by atomic mass is 9.71. The van der Waals surface area contributed by atoms with Crippen molar-refractivity contribution >= 4 is 6.08 Å². The molecule has 1 heterocycles. The largest absolute Gasteiger partial charge is 0.334 e. The van der Waals surface area contributed by atoms with E-state index in [1.54, 1.807) is 12.3 Å². The molecule has 0 atom stereocenters. The SMILES string of the molecule is Cn1ccnc1-c1ccccc1C1(N=C=O)CCC1. The summed E-state index contributed by atoms with van der Waals surface area (Å²) in [4.78, 5) is 19.2. The van der Waals surface area contributed by atoms with Crippen LogP contribution in [0.4, 0.5) is 0 Å². The predicted molar refractivity (Wildman–Crippen MR) is 72.3 cm³/mol. The Labute approximate surface area is 111 Å². The number of hydrogen-bond donors (Lipinski definition) is 0. The molecule has 4 heteroatoms. The van der Waals surface area contributed by atoms with E-state index in [2.05, 4.69) is 9.98 Å². The van der Waals surface area contributed by atoms with Gasteiger partial charge in [-0.05, 0) is 24.8 Å². The molecule has 1 saturated carbocycles. The van der Waals surface area contributed by atoms with Crippen LogP contribution in [0.1, 0.15) is 24.8 Å². The Morgan fingerprint density at radius 2 is 2.16 bits per heavy atom. The summed E-state index contributed by atoms with van der Waals surface area (Å²) < 4.78 is 1.98. The summed E-state index contributed by atoms with van der Waals surface area (Å²) in [7, 11) is 1.97. The molecule has 2 aromatic rings. The maximum absolute atomic E-state index is 10.7. The molecule has 0 unspecified atom stereocenters. The van der Waals surface area contributed by atoms with Crippen LogP contribution in [0.5, 0.6) is 0 Å². The van der Waals surface area contributed by atoms with Crippen LogP contribution in [0.2, 0.25) is 0 Å². The minimum Gasteiger partial charge on any atom is -0.334 e. The number of rotatable bonds is 3. The van der Waals surface area contributed by atoms with Gasteiger partial charge in [0.15, 0.2) is 0 Å². The Morgan fingerprint density at radius 3 is 2.74 bits per heavy atom. The van der Waals surface area contributed by atoms with Gasteiger partial charge in [-0.25, -0.2) is 9.78 Å². The van der Waals surface area contributed by atoms with Crippen molar-refractivity contribution in [1.29, 1.82) is 0 Å². The average Bonchev–Trinajstić information content (AvgIpc) is 2.80. The van der Waals surface area contributed by atoms with Gasteiger partial charge in [-0.1, -0.05) is 24.3 Å². The van der Waals surface area contributed by atoms with Gasteiger partial charge in [0.2, 0.25) is 6.08 Å². The molecule has 0 spiro atoms. The summed E-state index contributed by atoms with van der Waals surface area (Å²) in [6.45, 7) is 0. The van der Waals surface area contributed by atoms with Gasteiger partial charge in [-0.15, -0.1) is 0 Å². The Balaban J connectivity index is 2.18. The first-order valence-electron chi connectivity index (χ1n) is 6.43. The summed E-state index contributed by atoms with van der Waals surface area (Å²) in [5.74, 6) is 0.906. The summed E-state index contributed by atoms with van der Waals surface area (Å²) in [5.41, 5.74) is 1.75. The molecule has 0 radical (unpaired) electrons. The van der Waals surface area contributed by atoms with Crippen molar-refractivity contribution in [1.82, 2.24) is 9.55 Å². The summed E-state index contributed by atoms with van der Waals surface area (Å²) in [6.07, 6.45) is 8.35. The maximum Gasteiger partial charge on any atom is 0.235 e. The van der Waals surface area contributed by atoms with Gasteiger partial charge in [0.1, 0.15) is 5.82 Å². The van der Waals surface area contributed by atoms with Crippen molar-refractivity contribution in [3.8, 4) is 11.4 Å². The van der Waals surface area contributed by atoms with E-state index in [4.69, 9.17) is 0 Å². The standard InChI is InChI=1S/C15H15N3O/c1-18-10-9-16-14(18)12-5-2-3-6-13(12)15(17-11-19)7-4-8-15/h2-3,5-6,9-10H,4,7-8H2,1H3. The van der Waals surface area contributed by atoms with Crippen molar-refractivity contribution in [3.63, 3.8) is 0 Å². The van der Waals surface area contributed by atoms with Gasteiger partial charge in [0.05, 0.1) is 5.54 Å². The highest BCUT2D eigenvalue weighted by Gasteiger charge is 2.40. The maximum atomic E-state index is 10.7. The highest BCUT2D eigenvalue weighted by Crippen LogP contribution is 2.47. The van der Waals surface area contributed by atoms with Crippen molar-refractivity contribution in [2.24, 2.45) is 12.0 Å². The van der Waals surface area contributed by atoms with E-state index in [0.29, 0.717) is 0 Å². The Bertz CT molecular complexity index is 649. The lowest BCUT2D eigenvalue weighted by Crippen LogP contribution is -2.32. The van der Waals surface area contributed by atoms with Crippen LogP contribution >= 0.6 is 0 Å². The van der Waals surface area contributed by atoms with Gasteiger partial charge in [0.25, 0.3) is 0 Å². The molecular formula is C15H15N3O. The summed E-state index contributed by atoms with van der Waals surface area (Å²) in [6, 6.07) is 8.06. The minimum atomic E-state index is -0.385. The number of hydrogen-bond acceptors (Lipinski definition) is 3. The molecule has 1 aromatic heterocycles. The lowest BCUT2D eigenvalue weighted by molar-refractivity contribution is 0.256. The number of imidazole rings is 1. The van der Waals surface area contributed by atoms with Crippen LogP contribution in [0.3, 0.4) is 0 Å². The van der Waals surface area contributed by atoms with Crippen molar-refractivity contribution in [2.75, 3.05) is 0 Å². The van der Waals surface area contributed by atoms with E-state index in [0.717, 1.165) is 36.2 Å². The Hall–Kier alpha value is -2.19. The van der Waals surface area contributed by atoms with Crippen molar-refractivity contribution in [3.05, 3.63) is 42.2 Å². The predicted octanol–water partition coefficient (Wildman–Crippen LogP) is 2.80. The van der Waals surface area contributed by atoms with Crippen LogP contribution < -0.4 is 0 Å². The molecule has 1 fully saturated rings. The van der Waals surface area contributed by atoms with Crippen LogP contribution in [-0.4, -0.2) is 15.6 Å². The van der Waals surface area contributed by atoms with Crippen LogP contribution in [-0.2, 0) is 17.4 Å². The smallest absolute Gasteiger partial charge is 0.235 e. The fourth-order valence-corrected chi connectivity index (χ4v) is 2.75. The first-order valence-corrected chi connectivity index (χ1v) is 6.43. The van der Waals surface area contributed by atoms with Crippen molar-refractivity contribution < 1.29 is 4.79 Å². The van der Waals surface area contributed by atoms with E-state index < -0.39 is 0 Å². The van der Waals surface area contributed by atoms with Crippen LogP contribution in [0.25, 0.3) is 11.4 Å². The lowest BCUT2D eigenvalue weighted by Gasteiger charge is -2.38. The zero-order chi connectivity index (χ0) is 13.3. The fourth-order valence-electron chi connectivity index (χ4n) is 2.75. The third-order valence-corrected chi connectivity index (χ3v) is 3.93. The van der Waals surface area contributed by atoms with E-state index >= 15 is 0 Å². The number of isocyanates is 1. The minimum absolute atomic E-state index is 0.385. The molecule has 3 rings (SSSR count). The van der Waals surface area contributed by atoms with E-state index in [1.807, 2.05) is 42.1 Å². The molecule has 0 saturated heterocycles. The third-order valence-electron chi connectivity index (χ3n) is 3.93. The van der Waals surface area contributed by atoms with E-state index in [-0.39, 0.29) is 5.54 Å². The molecule has 1 aromatic carbocycles. The number of aliphatic imine (C=N–C) groups is 1. The van der Waals surface area contributed by atoms with Crippen LogP contribution in [0.15, 0.2) is 41.7 Å². The quantitative estimate of drug-likeness (QED) is 0.623. The van der Waals surface area contributed by atoms with Gasteiger partial charge in [0, 0.05) is 25.0 Å². The molecule has 19 heavy (non-hydrogen) atoms. The summed E-state index contributed by atoms with van der Waals surface area (Å²) in [5, 5.41) is 0. The molecule has 96 valence electrons. The molecule has 0 aliphatic heterocycles. The monoisotopic (exact) mass is 253 g/mol. The second kappa shape index (κ2) is 4.48. The highest BCUT2D eigenvalue weighted by molar-refractivity contribution is 5.63. The number of aryl methyl sites for hydroxylation is 1. The number of aromatic nitrogens is 2. The van der Waals surface area contributed by atoms with Gasteiger partial charge < -0.3 is 4.57 Å². The van der Waals surface area contributed by atoms with Crippen molar-refractivity contribution in [2.45, 2.75) is 24.8 Å². The molecule has 0 amide bonds. The summed E-state index contributed by atoms with van der Waals surface area (Å²) >= 11 is 0. The number of nitrogens with zero attached hydrogens (tertiary/aromatic N) is 3. The topological polar surface area (TPSA) is 47.2 Å². The Morgan fingerprint density at radius 1 is 1.37 bits per heavy atom. The van der Waals surface area contributed by atoms with Gasteiger partial charge >= 0.3 is 0 Å². The fraction of sp³-hybridized carbons (Fsp3) is 0.333. The second-order valence-corrected chi connectivity index (χ2v) is 5.00. The second-order valence-electron chi connectivity index (χ2n) is 5.00. The molecule has 4 nitrogen and oxygen atoms in total. The highest BCUT2D eigenvalue weighted by atomic mass is 16.1. The number of benzene rings is 1. The van der Waals surface area contributed by atoms with E-state index in [1.165, 1.54) is 0 Å². The molecule has 1 aliphatic rings.